The number of nitrogens with zero attached hydrogens (tertiary/aromatic N) is 3. The Morgan fingerprint density at radius 1 is 1.18 bits per heavy atom. The van der Waals surface area contributed by atoms with E-state index in [1.54, 1.807) is 18.0 Å². The smallest absolute Gasteiger partial charge is 0.226 e. The quantitative estimate of drug-likeness (QED) is 0.502. The van der Waals surface area contributed by atoms with Crippen LogP contribution in [0.2, 0.25) is 0 Å². The maximum atomic E-state index is 12.1. The third kappa shape index (κ3) is 6.49. The van der Waals surface area contributed by atoms with Crippen LogP contribution in [0.5, 0.6) is 0 Å². The van der Waals surface area contributed by atoms with Crippen LogP contribution in [0.3, 0.4) is 0 Å². The van der Waals surface area contributed by atoms with Gasteiger partial charge in [0.2, 0.25) is 11.8 Å². The van der Waals surface area contributed by atoms with Crippen LogP contribution in [0.25, 0.3) is 0 Å². The normalized spacial score (nSPS) is 10.8. The first kappa shape index (κ1) is 20.1. The summed E-state index contributed by atoms with van der Waals surface area (Å²) in [4.78, 5) is 21.7. The largest absolute Gasteiger partial charge is 0.339 e. The Bertz CT molecular complexity index is 866. The van der Waals surface area contributed by atoms with Crippen molar-refractivity contribution < 1.29 is 9.32 Å². The maximum Gasteiger partial charge on any atom is 0.226 e. The number of carbonyl (C=O) groups excluding carboxylic acids is 1. The van der Waals surface area contributed by atoms with E-state index >= 15 is 0 Å². The third-order valence-electron chi connectivity index (χ3n) is 4.04. The second kappa shape index (κ2) is 10.6. The number of rotatable bonds is 10. The second-order valence-corrected chi connectivity index (χ2v) is 7.48. The average Bonchev–Trinajstić information content (AvgIpc) is 3.16. The van der Waals surface area contributed by atoms with Gasteiger partial charge >= 0.3 is 0 Å². The van der Waals surface area contributed by atoms with Gasteiger partial charge in [-0.1, -0.05) is 18.1 Å². The molecule has 1 N–H and O–H groups in total. The van der Waals surface area contributed by atoms with Gasteiger partial charge in [-0.15, -0.1) is 11.8 Å². The zero-order chi connectivity index (χ0) is 19.6. The van der Waals surface area contributed by atoms with E-state index in [1.807, 2.05) is 36.5 Å². The summed E-state index contributed by atoms with van der Waals surface area (Å²) in [6.07, 6.45) is 7.18. The van der Waals surface area contributed by atoms with Crippen molar-refractivity contribution in [2.24, 2.45) is 0 Å². The number of amides is 1. The summed E-state index contributed by atoms with van der Waals surface area (Å²) in [6.45, 7) is 2.08. The van der Waals surface area contributed by atoms with E-state index < -0.39 is 0 Å². The molecule has 28 heavy (non-hydrogen) atoms. The number of anilines is 1. The molecule has 6 nitrogen and oxygen atoms in total. The zero-order valence-corrected chi connectivity index (χ0v) is 16.7. The highest BCUT2D eigenvalue weighted by molar-refractivity contribution is 7.98. The Balaban J connectivity index is 1.38. The number of aryl methyl sites for hydroxylation is 2. The Morgan fingerprint density at radius 3 is 2.79 bits per heavy atom. The zero-order valence-electron chi connectivity index (χ0n) is 15.9. The number of aromatic nitrogens is 3. The summed E-state index contributed by atoms with van der Waals surface area (Å²) in [6, 6.07) is 11.9. The lowest BCUT2D eigenvalue weighted by Crippen LogP contribution is -2.11. The molecule has 0 aliphatic rings. The van der Waals surface area contributed by atoms with Gasteiger partial charge < -0.3 is 9.84 Å². The van der Waals surface area contributed by atoms with E-state index in [2.05, 4.69) is 33.4 Å². The first-order chi connectivity index (χ1) is 13.7. The molecule has 0 bridgehead atoms. The molecule has 0 saturated carbocycles. The predicted octanol–water partition coefficient (Wildman–Crippen LogP) is 4.67. The fraction of sp³-hybridized carbons (Fsp3) is 0.333. The first-order valence-electron chi connectivity index (χ1n) is 9.46. The Morgan fingerprint density at radius 2 is 2.04 bits per heavy atom. The summed E-state index contributed by atoms with van der Waals surface area (Å²) < 4.78 is 5.19. The Hall–Kier alpha value is -2.67. The SMILES string of the molecule is CCCc1noc(CCCC(=O)Nc2ccc(SCc3cccnc3)cc2)n1. The summed E-state index contributed by atoms with van der Waals surface area (Å²) in [5.74, 6) is 2.20. The van der Waals surface area contributed by atoms with Gasteiger partial charge in [-0.2, -0.15) is 4.98 Å². The standard InChI is InChI=1S/C21H24N4O2S/c1-2-5-19-24-21(27-25-19)8-3-7-20(26)23-17-9-11-18(12-10-17)28-15-16-6-4-13-22-14-16/h4,6,9-14H,2-3,5,7-8,15H2,1H3,(H,23,26). The lowest BCUT2D eigenvalue weighted by Gasteiger charge is -2.06. The molecule has 0 aliphatic heterocycles. The Labute approximate surface area is 169 Å². The molecule has 0 radical (unpaired) electrons. The van der Waals surface area contributed by atoms with Gasteiger partial charge in [0.05, 0.1) is 0 Å². The van der Waals surface area contributed by atoms with Gasteiger partial charge in [0.25, 0.3) is 0 Å². The van der Waals surface area contributed by atoms with Crippen LogP contribution in [0, 0.1) is 0 Å². The molecule has 0 unspecified atom stereocenters. The number of carbonyl (C=O) groups is 1. The van der Waals surface area contributed by atoms with Crippen molar-refractivity contribution in [3.8, 4) is 0 Å². The molecule has 2 heterocycles. The number of pyridine rings is 1. The number of nitrogens with one attached hydrogen (secondary N) is 1. The molecule has 7 heteroatoms. The molecule has 0 fully saturated rings. The molecule has 0 spiro atoms. The van der Waals surface area contributed by atoms with E-state index in [4.69, 9.17) is 4.52 Å². The van der Waals surface area contributed by atoms with Gasteiger partial charge in [-0.25, -0.2) is 0 Å². The second-order valence-electron chi connectivity index (χ2n) is 6.43. The van der Waals surface area contributed by atoms with E-state index in [0.717, 1.165) is 35.0 Å². The molecule has 146 valence electrons. The topological polar surface area (TPSA) is 80.9 Å². The highest BCUT2D eigenvalue weighted by atomic mass is 32.2. The molecule has 1 aromatic carbocycles. The molecule has 0 aliphatic carbocycles. The van der Waals surface area contributed by atoms with Crippen molar-refractivity contribution in [2.75, 3.05) is 5.32 Å². The summed E-state index contributed by atoms with van der Waals surface area (Å²) >= 11 is 1.74. The first-order valence-corrected chi connectivity index (χ1v) is 10.4. The fourth-order valence-electron chi connectivity index (χ4n) is 2.63. The number of hydrogen-bond acceptors (Lipinski definition) is 6. The number of hydrogen-bond donors (Lipinski definition) is 1. The van der Waals surface area contributed by atoms with Crippen molar-refractivity contribution in [3.63, 3.8) is 0 Å². The van der Waals surface area contributed by atoms with Gasteiger partial charge in [-0.05, 0) is 48.7 Å². The maximum absolute atomic E-state index is 12.1. The summed E-state index contributed by atoms with van der Waals surface area (Å²) in [5.41, 5.74) is 1.99. The van der Waals surface area contributed by atoms with Gasteiger partial charge in [-0.3, -0.25) is 9.78 Å². The van der Waals surface area contributed by atoms with Crippen LogP contribution < -0.4 is 5.32 Å². The molecule has 0 saturated heterocycles. The van der Waals surface area contributed by atoms with Gasteiger partial charge in [0, 0.05) is 48.0 Å². The molecule has 3 rings (SSSR count). The van der Waals surface area contributed by atoms with Gasteiger partial charge in [0.1, 0.15) is 0 Å². The van der Waals surface area contributed by atoms with Crippen molar-refractivity contribution in [3.05, 3.63) is 66.1 Å². The molecular formula is C21H24N4O2S. The minimum Gasteiger partial charge on any atom is -0.339 e. The van der Waals surface area contributed by atoms with Crippen molar-refractivity contribution in [1.82, 2.24) is 15.1 Å². The highest BCUT2D eigenvalue weighted by Gasteiger charge is 2.08. The van der Waals surface area contributed by atoms with Crippen LogP contribution in [-0.2, 0) is 23.4 Å². The molecule has 2 aromatic heterocycles. The summed E-state index contributed by atoms with van der Waals surface area (Å²) in [5, 5.41) is 6.85. The number of benzene rings is 1. The van der Waals surface area contributed by atoms with Gasteiger partial charge in [0.15, 0.2) is 5.82 Å². The minimum absolute atomic E-state index is 0.0101. The molecular weight excluding hydrogens is 372 g/mol. The lowest BCUT2D eigenvalue weighted by atomic mass is 10.2. The van der Waals surface area contributed by atoms with E-state index in [1.165, 1.54) is 5.56 Å². The Kier molecular flexibility index (Phi) is 7.61. The van der Waals surface area contributed by atoms with Crippen molar-refractivity contribution in [1.29, 1.82) is 0 Å². The van der Waals surface area contributed by atoms with Crippen LogP contribution >= 0.6 is 11.8 Å². The molecule has 1 amide bonds. The lowest BCUT2D eigenvalue weighted by molar-refractivity contribution is -0.116. The molecule has 3 aromatic rings. The van der Waals surface area contributed by atoms with Crippen LogP contribution in [-0.4, -0.2) is 21.0 Å². The number of thioether (sulfide) groups is 1. The fourth-order valence-corrected chi connectivity index (χ4v) is 3.46. The van der Waals surface area contributed by atoms with E-state index in [0.29, 0.717) is 25.2 Å². The summed E-state index contributed by atoms with van der Waals surface area (Å²) in [7, 11) is 0. The molecule has 0 atom stereocenters. The van der Waals surface area contributed by atoms with E-state index in [-0.39, 0.29) is 5.91 Å². The third-order valence-corrected chi connectivity index (χ3v) is 5.13. The van der Waals surface area contributed by atoms with Crippen LogP contribution in [0.15, 0.2) is 58.2 Å². The van der Waals surface area contributed by atoms with Crippen molar-refractivity contribution in [2.45, 2.75) is 49.7 Å². The van der Waals surface area contributed by atoms with Crippen LogP contribution in [0.1, 0.15) is 43.5 Å². The van der Waals surface area contributed by atoms with Crippen LogP contribution in [0.4, 0.5) is 5.69 Å². The average molecular weight is 397 g/mol. The monoisotopic (exact) mass is 396 g/mol. The highest BCUT2D eigenvalue weighted by Crippen LogP contribution is 2.24. The van der Waals surface area contributed by atoms with E-state index in [9.17, 15) is 4.79 Å². The predicted molar refractivity (Wildman–Crippen MR) is 110 cm³/mol. The minimum atomic E-state index is -0.0101. The van der Waals surface area contributed by atoms with Crippen molar-refractivity contribution >= 4 is 23.4 Å².